The Morgan fingerprint density at radius 3 is 2.47 bits per heavy atom. The van der Waals surface area contributed by atoms with Crippen molar-refractivity contribution in [2.24, 2.45) is 0 Å². The molecule has 0 bridgehead atoms. The lowest BCUT2D eigenvalue weighted by Gasteiger charge is -2.14. The number of carbonyl (C=O) groups is 1. The van der Waals surface area contributed by atoms with Crippen LogP contribution >= 0.6 is 11.6 Å². The van der Waals surface area contributed by atoms with Gasteiger partial charge in [-0.2, -0.15) is 5.10 Å². The summed E-state index contributed by atoms with van der Waals surface area (Å²) in [5.41, 5.74) is 4.45. The van der Waals surface area contributed by atoms with Gasteiger partial charge in [-0.1, -0.05) is 29.8 Å². The number of halogens is 1. The SMILES string of the molecule is COc1cccc(-c2cc(-c3ccc(C)cc3OCC(=O)O)nn2-c2cccc(Cl)c2)c1OC. The molecule has 0 unspecified atom stereocenters. The summed E-state index contributed by atoms with van der Waals surface area (Å²) < 4.78 is 18.5. The van der Waals surface area contributed by atoms with Crippen molar-refractivity contribution in [2.75, 3.05) is 20.8 Å². The van der Waals surface area contributed by atoms with Gasteiger partial charge in [0.1, 0.15) is 5.75 Å². The number of carboxylic acids is 1. The van der Waals surface area contributed by atoms with E-state index in [1.54, 1.807) is 31.0 Å². The van der Waals surface area contributed by atoms with Gasteiger partial charge in [0.05, 0.1) is 31.3 Å². The summed E-state index contributed by atoms with van der Waals surface area (Å²) in [5.74, 6) is 0.521. The first-order chi connectivity index (χ1) is 16.4. The van der Waals surface area contributed by atoms with Gasteiger partial charge in [0.2, 0.25) is 0 Å². The quantitative estimate of drug-likeness (QED) is 0.352. The molecular weight excluding hydrogens is 456 g/mol. The molecule has 4 rings (SSSR count). The number of para-hydroxylation sites is 1. The van der Waals surface area contributed by atoms with Crippen LogP contribution in [0.3, 0.4) is 0 Å². The molecule has 1 heterocycles. The number of hydrogen-bond acceptors (Lipinski definition) is 5. The Balaban J connectivity index is 1.95. The van der Waals surface area contributed by atoms with Gasteiger partial charge < -0.3 is 19.3 Å². The number of carboxylic acid groups (broad SMARTS) is 1. The molecule has 174 valence electrons. The average molecular weight is 479 g/mol. The van der Waals surface area contributed by atoms with Gasteiger partial charge in [-0.05, 0) is 61.0 Å². The summed E-state index contributed by atoms with van der Waals surface area (Å²) in [6, 6.07) is 20.4. The van der Waals surface area contributed by atoms with Crippen molar-refractivity contribution in [3.8, 4) is 45.5 Å². The van der Waals surface area contributed by atoms with Crippen LogP contribution in [0, 0.1) is 6.92 Å². The van der Waals surface area contributed by atoms with E-state index in [1.807, 2.05) is 61.5 Å². The third kappa shape index (κ3) is 4.70. The monoisotopic (exact) mass is 478 g/mol. The fourth-order valence-corrected chi connectivity index (χ4v) is 3.88. The topological polar surface area (TPSA) is 82.8 Å². The zero-order valence-corrected chi connectivity index (χ0v) is 19.7. The lowest BCUT2D eigenvalue weighted by Crippen LogP contribution is -2.10. The molecule has 0 aliphatic carbocycles. The summed E-state index contributed by atoms with van der Waals surface area (Å²) in [5, 5.41) is 14.5. The van der Waals surface area contributed by atoms with E-state index in [1.165, 1.54) is 0 Å². The smallest absolute Gasteiger partial charge is 0.341 e. The number of methoxy groups -OCH3 is 2. The molecule has 0 aliphatic rings. The van der Waals surface area contributed by atoms with Crippen molar-refractivity contribution >= 4 is 17.6 Å². The predicted octanol–water partition coefficient (Wildman–Crippen LogP) is 5.65. The minimum absolute atomic E-state index is 0.433. The second-order valence-corrected chi connectivity index (χ2v) is 7.97. The number of aryl methyl sites for hydroxylation is 1. The molecule has 1 aromatic heterocycles. The molecule has 8 heteroatoms. The first-order valence-corrected chi connectivity index (χ1v) is 10.8. The van der Waals surface area contributed by atoms with Crippen LogP contribution in [0.15, 0.2) is 66.7 Å². The number of hydrogen-bond donors (Lipinski definition) is 1. The van der Waals surface area contributed by atoms with E-state index < -0.39 is 12.6 Å². The van der Waals surface area contributed by atoms with E-state index in [-0.39, 0.29) is 0 Å². The highest BCUT2D eigenvalue weighted by Gasteiger charge is 2.21. The van der Waals surface area contributed by atoms with Crippen molar-refractivity contribution in [1.29, 1.82) is 0 Å². The van der Waals surface area contributed by atoms with E-state index in [2.05, 4.69) is 0 Å². The molecule has 0 saturated carbocycles. The minimum atomic E-state index is -1.06. The van der Waals surface area contributed by atoms with Gasteiger partial charge in [-0.15, -0.1) is 0 Å². The molecule has 0 aliphatic heterocycles. The van der Waals surface area contributed by atoms with Crippen molar-refractivity contribution in [3.63, 3.8) is 0 Å². The van der Waals surface area contributed by atoms with Gasteiger partial charge >= 0.3 is 5.97 Å². The Bertz CT molecular complexity index is 1350. The largest absolute Gasteiger partial charge is 0.493 e. The maximum atomic E-state index is 11.1. The predicted molar refractivity (Wildman–Crippen MR) is 130 cm³/mol. The van der Waals surface area contributed by atoms with Crippen LogP contribution in [0.25, 0.3) is 28.2 Å². The Labute approximate surface area is 202 Å². The molecule has 0 amide bonds. The second-order valence-electron chi connectivity index (χ2n) is 7.53. The van der Waals surface area contributed by atoms with Crippen molar-refractivity contribution in [3.05, 3.63) is 77.3 Å². The molecular formula is C26H23ClN2O5. The maximum Gasteiger partial charge on any atom is 0.341 e. The third-order valence-corrected chi connectivity index (χ3v) is 5.44. The molecule has 4 aromatic rings. The van der Waals surface area contributed by atoms with Crippen molar-refractivity contribution in [2.45, 2.75) is 6.92 Å². The van der Waals surface area contributed by atoms with Crippen LogP contribution in [0.5, 0.6) is 17.2 Å². The van der Waals surface area contributed by atoms with E-state index >= 15 is 0 Å². The minimum Gasteiger partial charge on any atom is -0.493 e. The Kier molecular flexibility index (Phi) is 6.75. The first kappa shape index (κ1) is 23.2. The van der Waals surface area contributed by atoms with Gasteiger partial charge in [0, 0.05) is 16.1 Å². The van der Waals surface area contributed by atoms with Gasteiger partial charge in [0.25, 0.3) is 0 Å². The molecule has 3 aromatic carbocycles. The number of nitrogens with zero attached hydrogens (tertiary/aromatic N) is 2. The van der Waals surface area contributed by atoms with E-state index in [0.29, 0.717) is 33.5 Å². The number of benzene rings is 3. The van der Waals surface area contributed by atoms with Gasteiger partial charge in [-0.25, -0.2) is 9.48 Å². The lowest BCUT2D eigenvalue weighted by atomic mass is 10.1. The van der Waals surface area contributed by atoms with Crippen LogP contribution in [0.2, 0.25) is 5.02 Å². The number of ether oxygens (including phenoxy) is 3. The molecule has 34 heavy (non-hydrogen) atoms. The fraction of sp³-hybridized carbons (Fsp3) is 0.154. The Morgan fingerprint density at radius 1 is 0.971 bits per heavy atom. The summed E-state index contributed by atoms with van der Waals surface area (Å²) in [4.78, 5) is 11.1. The highest BCUT2D eigenvalue weighted by atomic mass is 35.5. The van der Waals surface area contributed by atoms with E-state index in [9.17, 15) is 4.79 Å². The van der Waals surface area contributed by atoms with Gasteiger partial charge in [-0.3, -0.25) is 0 Å². The molecule has 0 saturated heterocycles. The standard InChI is InChI=1S/C26H23ClN2O5/c1-16-10-11-19(24(12-16)34-15-25(30)31)21-14-22(20-8-5-9-23(32-2)26(20)33-3)29(28-21)18-7-4-6-17(27)13-18/h4-14H,15H2,1-3H3,(H,30,31). The Hall–Kier alpha value is -3.97. The Morgan fingerprint density at radius 2 is 1.76 bits per heavy atom. The van der Waals surface area contributed by atoms with Crippen molar-refractivity contribution < 1.29 is 24.1 Å². The number of rotatable bonds is 8. The summed E-state index contributed by atoms with van der Waals surface area (Å²) >= 11 is 6.28. The highest BCUT2D eigenvalue weighted by Crippen LogP contribution is 2.41. The number of aromatic nitrogens is 2. The van der Waals surface area contributed by atoms with Crippen LogP contribution in [-0.4, -0.2) is 41.7 Å². The zero-order chi connectivity index (χ0) is 24.2. The molecule has 0 atom stereocenters. The highest BCUT2D eigenvalue weighted by molar-refractivity contribution is 6.30. The van der Waals surface area contributed by atoms with E-state index in [4.69, 9.17) is 36.0 Å². The summed E-state index contributed by atoms with van der Waals surface area (Å²) in [6.45, 7) is 1.45. The summed E-state index contributed by atoms with van der Waals surface area (Å²) in [6.07, 6.45) is 0. The molecule has 7 nitrogen and oxygen atoms in total. The van der Waals surface area contributed by atoms with Crippen LogP contribution in [-0.2, 0) is 4.79 Å². The fourth-order valence-electron chi connectivity index (χ4n) is 3.70. The molecule has 0 radical (unpaired) electrons. The average Bonchev–Trinajstić information content (AvgIpc) is 3.27. The van der Waals surface area contributed by atoms with Gasteiger partial charge in [0.15, 0.2) is 18.1 Å². The summed E-state index contributed by atoms with van der Waals surface area (Å²) in [7, 11) is 3.17. The van der Waals surface area contributed by atoms with Crippen LogP contribution < -0.4 is 14.2 Å². The lowest BCUT2D eigenvalue weighted by molar-refractivity contribution is -0.139. The second kappa shape index (κ2) is 9.89. The third-order valence-electron chi connectivity index (χ3n) is 5.21. The number of aliphatic carboxylic acids is 1. The van der Waals surface area contributed by atoms with E-state index in [0.717, 1.165) is 22.5 Å². The maximum absolute atomic E-state index is 11.1. The van der Waals surface area contributed by atoms with Crippen LogP contribution in [0.4, 0.5) is 0 Å². The van der Waals surface area contributed by atoms with Crippen molar-refractivity contribution in [1.82, 2.24) is 9.78 Å². The molecule has 0 spiro atoms. The molecule has 1 N–H and O–H groups in total. The van der Waals surface area contributed by atoms with Crippen LogP contribution in [0.1, 0.15) is 5.56 Å². The zero-order valence-electron chi connectivity index (χ0n) is 18.9. The normalized spacial score (nSPS) is 10.7. The molecule has 0 fully saturated rings. The first-order valence-electron chi connectivity index (χ1n) is 10.4.